The highest BCUT2D eigenvalue weighted by molar-refractivity contribution is 6.01. The number of rotatable bonds is 0. The van der Waals surface area contributed by atoms with E-state index in [2.05, 4.69) is 10.6 Å². The van der Waals surface area contributed by atoms with E-state index in [1.165, 1.54) is 0 Å². The molecular formula is C8H10N2O2. The van der Waals surface area contributed by atoms with Gasteiger partial charge in [-0.2, -0.15) is 0 Å². The molecule has 4 atom stereocenters. The molecule has 4 aliphatic rings. The van der Waals surface area contributed by atoms with E-state index in [4.69, 9.17) is 0 Å². The minimum atomic E-state index is -0.0438. The molecule has 0 amide bonds. The van der Waals surface area contributed by atoms with Gasteiger partial charge in [0, 0.05) is 0 Å². The molecule has 0 aromatic rings. The van der Waals surface area contributed by atoms with Crippen LogP contribution in [0.15, 0.2) is 0 Å². The Labute approximate surface area is 69.7 Å². The summed E-state index contributed by atoms with van der Waals surface area (Å²) in [5.41, 5.74) is 0. The van der Waals surface area contributed by atoms with Crippen LogP contribution < -0.4 is 10.6 Å². The molecule has 4 fully saturated rings. The summed E-state index contributed by atoms with van der Waals surface area (Å²) >= 11 is 0. The lowest BCUT2D eigenvalue weighted by Crippen LogP contribution is -2.75. The summed E-state index contributed by atoms with van der Waals surface area (Å²) in [6.45, 7) is 0. The van der Waals surface area contributed by atoms with Crippen molar-refractivity contribution in [3.8, 4) is 0 Å². The molecule has 12 heavy (non-hydrogen) atoms. The predicted molar refractivity (Wildman–Crippen MR) is 40.7 cm³/mol. The van der Waals surface area contributed by atoms with Crippen LogP contribution in [0.5, 0.6) is 0 Å². The molecule has 0 aromatic heterocycles. The van der Waals surface area contributed by atoms with E-state index >= 15 is 0 Å². The lowest BCUT2D eigenvalue weighted by molar-refractivity contribution is -0.140. The van der Waals surface area contributed by atoms with Crippen LogP contribution in [0, 0.1) is 0 Å². The number of carbonyl (C=O) groups excluding carboxylic acids is 2. The summed E-state index contributed by atoms with van der Waals surface area (Å²) in [4.78, 5) is 22.9. The average Bonchev–Trinajstić information content (AvgIpc) is 2.02. The van der Waals surface area contributed by atoms with Crippen molar-refractivity contribution >= 4 is 11.6 Å². The van der Waals surface area contributed by atoms with Gasteiger partial charge < -0.3 is 0 Å². The van der Waals surface area contributed by atoms with E-state index in [1.807, 2.05) is 0 Å². The number of Topliss-reactive ketones (excluding diaryl/α,β-unsaturated/α-hetero) is 2. The normalized spacial score (nSPS) is 50.3. The van der Waals surface area contributed by atoms with Crippen molar-refractivity contribution in [1.29, 1.82) is 0 Å². The van der Waals surface area contributed by atoms with Gasteiger partial charge in [-0.3, -0.25) is 20.2 Å². The van der Waals surface area contributed by atoms with Crippen LogP contribution in [0.25, 0.3) is 0 Å². The molecule has 0 radical (unpaired) electrons. The van der Waals surface area contributed by atoms with Gasteiger partial charge in [0.2, 0.25) is 0 Å². The Balaban J connectivity index is 2.01. The monoisotopic (exact) mass is 166 g/mol. The van der Waals surface area contributed by atoms with Crippen molar-refractivity contribution in [3.63, 3.8) is 0 Å². The second-order valence-electron chi connectivity index (χ2n) is 3.82. The van der Waals surface area contributed by atoms with Gasteiger partial charge in [0.25, 0.3) is 0 Å². The second-order valence-corrected chi connectivity index (χ2v) is 3.82. The van der Waals surface area contributed by atoms with Crippen LogP contribution in [0.4, 0.5) is 0 Å². The number of nitrogens with one attached hydrogen (secondary N) is 2. The van der Waals surface area contributed by atoms with Gasteiger partial charge in [-0.15, -0.1) is 0 Å². The molecule has 4 rings (SSSR count). The zero-order valence-corrected chi connectivity index (χ0v) is 6.54. The third kappa shape index (κ3) is 0.647. The van der Waals surface area contributed by atoms with E-state index in [0.29, 0.717) is 12.8 Å². The fourth-order valence-electron chi connectivity index (χ4n) is 2.51. The van der Waals surface area contributed by atoms with Gasteiger partial charge in [0.15, 0.2) is 11.6 Å². The molecule has 4 saturated heterocycles. The SMILES string of the molecule is O=C1C2CC3NC1CC(N2)C3=O. The average molecular weight is 166 g/mol. The van der Waals surface area contributed by atoms with Crippen LogP contribution in [0.2, 0.25) is 0 Å². The highest BCUT2D eigenvalue weighted by Gasteiger charge is 2.51. The van der Waals surface area contributed by atoms with E-state index in [9.17, 15) is 9.59 Å². The van der Waals surface area contributed by atoms with Crippen molar-refractivity contribution in [2.24, 2.45) is 0 Å². The van der Waals surface area contributed by atoms with Crippen LogP contribution >= 0.6 is 0 Å². The first-order valence-electron chi connectivity index (χ1n) is 4.35. The summed E-state index contributed by atoms with van der Waals surface area (Å²) in [5, 5.41) is 6.15. The smallest absolute Gasteiger partial charge is 0.166 e. The van der Waals surface area contributed by atoms with E-state index in [-0.39, 0.29) is 35.7 Å². The first-order valence-corrected chi connectivity index (χ1v) is 4.35. The van der Waals surface area contributed by atoms with E-state index < -0.39 is 0 Å². The Morgan fingerprint density at radius 1 is 0.833 bits per heavy atom. The topological polar surface area (TPSA) is 58.2 Å². The maximum Gasteiger partial charge on any atom is 0.166 e. The van der Waals surface area contributed by atoms with Crippen LogP contribution in [-0.4, -0.2) is 35.7 Å². The maximum absolute atomic E-state index is 11.4. The van der Waals surface area contributed by atoms with Crippen LogP contribution in [0.3, 0.4) is 0 Å². The quantitative estimate of drug-likeness (QED) is 0.464. The van der Waals surface area contributed by atoms with Crippen molar-refractivity contribution in [1.82, 2.24) is 10.6 Å². The Morgan fingerprint density at radius 3 is 1.50 bits per heavy atom. The molecule has 0 spiro atoms. The first kappa shape index (κ1) is 6.74. The van der Waals surface area contributed by atoms with Gasteiger partial charge in [-0.25, -0.2) is 0 Å². The zero-order chi connectivity index (χ0) is 8.29. The molecule has 64 valence electrons. The van der Waals surface area contributed by atoms with E-state index in [1.54, 1.807) is 0 Å². The lowest BCUT2D eigenvalue weighted by Gasteiger charge is -2.48. The third-order valence-electron chi connectivity index (χ3n) is 3.12. The number of hydrogen-bond donors (Lipinski definition) is 2. The Bertz CT molecular complexity index is 216. The molecule has 4 heteroatoms. The molecular weight excluding hydrogens is 156 g/mol. The number of ketones is 2. The van der Waals surface area contributed by atoms with Crippen LogP contribution in [-0.2, 0) is 9.59 Å². The Morgan fingerprint density at radius 2 is 1.17 bits per heavy atom. The molecule has 4 unspecified atom stereocenters. The summed E-state index contributed by atoms with van der Waals surface area (Å²) in [6.07, 6.45) is 1.31. The highest BCUT2D eigenvalue weighted by Crippen LogP contribution is 2.27. The van der Waals surface area contributed by atoms with Gasteiger partial charge in [-0.05, 0) is 12.8 Å². The number of carbonyl (C=O) groups is 2. The van der Waals surface area contributed by atoms with Gasteiger partial charge >= 0.3 is 0 Å². The fourth-order valence-corrected chi connectivity index (χ4v) is 2.51. The van der Waals surface area contributed by atoms with Gasteiger partial charge in [0.05, 0.1) is 24.2 Å². The van der Waals surface area contributed by atoms with Gasteiger partial charge in [-0.1, -0.05) is 0 Å². The summed E-state index contributed by atoms with van der Waals surface area (Å²) in [6, 6.07) is -0.175. The molecule has 4 heterocycles. The first-order chi connectivity index (χ1) is 5.75. The zero-order valence-electron chi connectivity index (χ0n) is 6.54. The van der Waals surface area contributed by atoms with Crippen molar-refractivity contribution in [2.45, 2.75) is 37.0 Å². The molecule has 0 aromatic carbocycles. The summed E-state index contributed by atoms with van der Waals surface area (Å²) in [7, 11) is 0. The second kappa shape index (κ2) is 1.95. The Hall–Kier alpha value is -0.740. The maximum atomic E-state index is 11.4. The summed E-state index contributed by atoms with van der Waals surface area (Å²) < 4.78 is 0. The third-order valence-corrected chi connectivity index (χ3v) is 3.12. The van der Waals surface area contributed by atoms with Crippen molar-refractivity contribution in [3.05, 3.63) is 0 Å². The molecule has 0 aliphatic carbocycles. The summed E-state index contributed by atoms with van der Waals surface area (Å²) in [5.74, 6) is 0.491. The van der Waals surface area contributed by atoms with Crippen LogP contribution in [0.1, 0.15) is 12.8 Å². The molecule has 4 aliphatic heterocycles. The number of piperidine rings is 4. The molecule has 2 N–H and O–H groups in total. The largest absolute Gasteiger partial charge is 0.298 e. The predicted octanol–water partition coefficient (Wildman–Crippen LogP) is -1.40. The molecule has 4 nitrogen and oxygen atoms in total. The molecule has 0 saturated carbocycles. The molecule has 4 bridgehead atoms. The lowest BCUT2D eigenvalue weighted by atomic mass is 9.75. The fraction of sp³-hybridized carbons (Fsp3) is 0.750. The minimum Gasteiger partial charge on any atom is -0.298 e. The minimum absolute atomic E-state index is 0.0438. The highest BCUT2D eigenvalue weighted by atomic mass is 16.1. The standard InChI is InChI=1S/C8H10N2O2/c11-7-3-1-4-8(12)6(9-3)2-5(7)10-4/h3-6,9-10H,1-2H2. The Kier molecular flexibility index (Phi) is 1.09. The number of hydrogen-bond acceptors (Lipinski definition) is 4. The van der Waals surface area contributed by atoms with Gasteiger partial charge in [0.1, 0.15) is 0 Å². The van der Waals surface area contributed by atoms with Crippen molar-refractivity contribution < 1.29 is 9.59 Å². The van der Waals surface area contributed by atoms with E-state index in [0.717, 1.165) is 0 Å². The van der Waals surface area contributed by atoms with Crippen molar-refractivity contribution in [2.75, 3.05) is 0 Å².